The zero-order valence-corrected chi connectivity index (χ0v) is 18.2. The number of carbonyl (C=O) groups excluding carboxylic acids is 2. The molecule has 0 radical (unpaired) electrons. The first-order valence-electron chi connectivity index (χ1n) is 10.5. The molecule has 0 saturated heterocycles. The van der Waals surface area contributed by atoms with Crippen LogP contribution in [0.1, 0.15) is 70.4 Å². The molecule has 2 aromatic rings. The largest absolute Gasteiger partial charge is 0.372 e. The second-order valence-corrected chi connectivity index (χ2v) is 7.73. The molecule has 4 N–H and O–H groups in total. The van der Waals surface area contributed by atoms with Crippen LogP contribution in [0, 0.1) is 5.92 Å². The smallest absolute Gasteiger partial charge is 0.204 e. The molecular weight excluding hydrogens is 360 g/mol. The lowest BCUT2D eigenvalue weighted by molar-refractivity contribution is -0.117. The van der Waals surface area contributed by atoms with Crippen LogP contribution in [0.4, 0.5) is 0 Å². The summed E-state index contributed by atoms with van der Waals surface area (Å²) in [6, 6.07) is 17.5. The summed E-state index contributed by atoms with van der Waals surface area (Å²) in [6.45, 7) is 8.14. The summed E-state index contributed by atoms with van der Waals surface area (Å²) in [5.74, 6) is 1.36. The first kappa shape index (κ1) is 24.6. The number of fused-ring (bicyclic) bond motifs is 3. The predicted octanol–water partition coefficient (Wildman–Crippen LogP) is 5.04. The molecule has 0 spiro atoms. The summed E-state index contributed by atoms with van der Waals surface area (Å²) < 4.78 is 0. The van der Waals surface area contributed by atoms with E-state index in [1.807, 2.05) is 0 Å². The molecule has 1 aliphatic carbocycles. The van der Waals surface area contributed by atoms with Gasteiger partial charge in [-0.15, -0.1) is 0 Å². The molecule has 158 valence electrons. The molecule has 0 saturated carbocycles. The Kier molecular flexibility index (Phi) is 10.9. The topological polar surface area (TPSA) is 86.2 Å². The molecule has 4 heteroatoms. The number of primary amides is 1. The Morgan fingerprint density at radius 1 is 1.03 bits per heavy atom. The number of benzene rings is 2. The highest BCUT2D eigenvalue weighted by Crippen LogP contribution is 2.46. The van der Waals surface area contributed by atoms with Gasteiger partial charge in [0, 0.05) is 18.4 Å². The maximum absolute atomic E-state index is 11.2. The van der Waals surface area contributed by atoms with Gasteiger partial charge >= 0.3 is 0 Å². The number of nitrogens with two attached hydrogens (primary N) is 2. The third-order valence-electron chi connectivity index (χ3n) is 5.39. The second kappa shape index (κ2) is 12.9. The fourth-order valence-corrected chi connectivity index (χ4v) is 3.64. The van der Waals surface area contributed by atoms with Gasteiger partial charge in [0.2, 0.25) is 6.41 Å². The predicted molar refractivity (Wildman–Crippen MR) is 122 cm³/mol. The summed E-state index contributed by atoms with van der Waals surface area (Å²) in [6.07, 6.45) is 4.34. The molecule has 2 aromatic carbocycles. The van der Waals surface area contributed by atoms with E-state index in [9.17, 15) is 4.79 Å². The molecule has 4 nitrogen and oxygen atoms in total. The van der Waals surface area contributed by atoms with Gasteiger partial charge in [-0.05, 0) is 54.9 Å². The maximum atomic E-state index is 11.2. The minimum absolute atomic E-state index is 0.250. The molecule has 2 atom stereocenters. The highest BCUT2D eigenvalue weighted by atomic mass is 16.1. The van der Waals surface area contributed by atoms with Crippen molar-refractivity contribution in [2.24, 2.45) is 17.4 Å². The molecule has 2 unspecified atom stereocenters. The lowest BCUT2D eigenvalue weighted by Crippen LogP contribution is -2.23. The van der Waals surface area contributed by atoms with E-state index in [1.165, 1.54) is 35.1 Å². The fraction of sp³-hybridized carbons (Fsp3) is 0.440. The van der Waals surface area contributed by atoms with Gasteiger partial charge in [0.15, 0.2) is 0 Å². The monoisotopic (exact) mass is 396 g/mol. The first-order valence-corrected chi connectivity index (χ1v) is 10.5. The summed E-state index contributed by atoms with van der Waals surface area (Å²) in [5.41, 5.74) is 15.2. The third-order valence-corrected chi connectivity index (χ3v) is 5.39. The fourth-order valence-electron chi connectivity index (χ4n) is 3.64. The third kappa shape index (κ3) is 7.47. The van der Waals surface area contributed by atoms with Crippen LogP contribution >= 0.6 is 0 Å². The molecule has 0 heterocycles. The van der Waals surface area contributed by atoms with Gasteiger partial charge in [-0.25, -0.2) is 0 Å². The van der Waals surface area contributed by atoms with Gasteiger partial charge in [-0.1, -0.05) is 68.8 Å². The molecule has 29 heavy (non-hydrogen) atoms. The lowest BCUT2D eigenvalue weighted by atomic mass is 9.91. The molecule has 0 fully saturated rings. The van der Waals surface area contributed by atoms with E-state index in [0.717, 1.165) is 6.42 Å². The van der Waals surface area contributed by atoms with Gasteiger partial charge in [-0.3, -0.25) is 4.79 Å². The zero-order valence-electron chi connectivity index (χ0n) is 18.2. The summed E-state index contributed by atoms with van der Waals surface area (Å²) in [7, 11) is 0. The Labute approximate surface area is 175 Å². The highest BCUT2D eigenvalue weighted by Gasteiger charge is 2.27. The number of carbonyl (C=O) groups is 2. The van der Waals surface area contributed by atoms with Crippen molar-refractivity contribution in [1.82, 2.24) is 0 Å². The van der Waals surface area contributed by atoms with Crippen LogP contribution in [0.2, 0.25) is 0 Å². The van der Waals surface area contributed by atoms with Crippen molar-refractivity contribution in [3.63, 3.8) is 0 Å². The Hall–Kier alpha value is -2.46. The molecule has 1 amide bonds. The Morgan fingerprint density at radius 3 is 1.83 bits per heavy atom. The number of amides is 1. The average Bonchev–Trinajstić information content (AvgIpc) is 3.01. The number of hydrogen-bond acceptors (Lipinski definition) is 3. The number of Topliss-reactive ketones (excluding diaryl/α,β-unsaturated/α-hetero) is 1. The van der Waals surface area contributed by atoms with E-state index in [2.05, 4.69) is 75.0 Å². The van der Waals surface area contributed by atoms with Crippen LogP contribution in [-0.4, -0.2) is 18.2 Å². The lowest BCUT2D eigenvalue weighted by Gasteiger charge is -2.12. The van der Waals surface area contributed by atoms with Crippen LogP contribution in [0.15, 0.2) is 48.5 Å². The molecule has 3 rings (SSSR count). The van der Waals surface area contributed by atoms with E-state index in [1.54, 1.807) is 6.92 Å². The van der Waals surface area contributed by atoms with Gasteiger partial charge in [0.05, 0.1) is 0 Å². The molecule has 1 aliphatic rings. The molecule has 0 bridgehead atoms. The average molecular weight is 397 g/mol. The van der Waals surface area contributed by atoms with E-state index >= 15 is 0 Å². The minimum Gasteiger partial charge on any atom is -0.372 e. The second-order valence-electron chi connectivity index (χ2n) is 7.73. The van der Waals surface area contributed by atoms with Gasteiger partial charge in [0.1, 0.15) is 5.78 Å². The van der Waals surface area contributed by atoms with Crippen molar-refractivity contribution in [3.8, 4) is 11.1 Å². The number of hydrogen-bond donors (Lipinski definition) is 2. The highest BCUT2D eigenvalue weighted by molar-refractivity contribution is 5.80. The maximum Gasteiger partial charge on any atom is 0.204 e. The first-order chi connectivity index (χ1) is 13.9. The minimum atomic E-state index is 0.250. The van der Waals surface area contributed by atoms with Gasteiger partial charge in [0.25, 0.3) is 0 Å². The quantitative estimate of drug-likeness (QED) is 0.671. The van der Waals surface area contributed by atoms with Crippen LogP contribution in [0.5, 0.6) is 0 Å². The van der Waals surface area contributed by atoms with Crippen LogP contribution in [0.3, 0.4) is 0 Å². The van der Waals surface area contributed by atoms with Crippen molar-refractivity contribution in [3.05, 3.63) is 59.7 Å². The van der Waals surface area contributed by atoms with Gasteiger partial charge < -0.3 is 16.3 Å². The Bertz CT molecular complexity index is 725. The van der Waals surface area contributed by atoms with E-state index in [4.69, 9.17) is 10.5 Å². The standard InChI is InChI=1S/C17H16O.C7H17N.CH3NO/c1-12(18)10-11-17-15-8-4-2-6-13(15)14-7-3-5-9-16(14)17;1-4-5-6(2)7(3)8;2-1-3/h2-9,17H,10-11H2,1H3;6-7H,4-5,8H2,1-3H3;1H,(H2,2,3). The zero-order chi connectivity index (χ0) is 21.8. The van der Waals surface area contributed by atoms with Crippen molar-refractivity contribution in [2.75, 3.05) is 0 Å². The Balaban J connectivity index is 0.000000323. The summed E-state index contributed by atoms with van der Waals surface area (Å²) in [4.78, 5) is 19.8. The van der Waals surface area contributed by atoms with E-state index in [0.29, 0.717) is 24.3 Å². The van der Waals surface area contributed by atoms with Crippen LogP contribution in [0.25, 0.3) is 11.1 Å². The van der Waals surface area contributed by atoms with Crippen molar-refractivity contribution in [2.45, 2.75) is 65.3 Å². The molecule has 0 aliphatic heterocycles. The van der Waals surface area contributed by atoms with E-state index in [-0.39, 0.29) is 12.2 Å². The molecular formula is C25H36N2O2. The van der Waals surface area contributed by atoms with Crippen LogP contribution < -0.4 is 11.5 Å². The van der Waals surface area contributed by atoms with E-state index < -0.39 is 0 Å². The summed E-state index contributed by atoms with van der Waals surface area (Å²) in [5, 5.41) is 0. The van der Waals surface area contributed by atoms with Crippen molar-refractivity contribution < 1.29 is 9.59 Å². The van der Waals surface area contributed by atoms with Crippen molar-refractivity contribution >= 4 is 12.2 Å². The van der Waals surface area contributed by atoms with Crippen molar-refractivity contribution in [1.29, 1.82) is 0 Å². The summed E-state index contributed by atoms with van der Waals surface area (Å²) >= 11 is 0. The molecule has 0 aromatic heterocycles. The van der Waals surface area contributed by atoms with Crippen LogP contribution in [-0.2, 0) is 9.59 Å². The normalized spacial score (nSPS) is 13.6. The Morgan fingerprint density at radius 2 is 1.48 bits per heavy atom. The number of ketones is 1. The van der Waals surface area contributed by atoms with Gasteiger partial charge in [-0.2, -0.15) is 0 Å². The SMILES string of the molecule is CC(=O)CCC1c2ccccc2-c2ccccc21.CCCC(C)C(C)N.NC=O. The number of rotatable bonds is 6.